The van der Waals surface area contributed by atoms with E-state index in [0.29, 0.717) is 0 Å². The van der Waals surface area contributed by atoms with Crippen LogP contribution in [0.2, 0.25) is 0 Å². The van der Waals surface area contributed by atoms with Gasteiger partial charge in [0, 0.05) is 36.8 Å². The number of hydrogen-bond donors (Lipinski definition) is 0. The SMILES string of the molecule is O=C(OC1c2cc(CCC(F)(F)C(F)(F)C(F)(F)F)ccc2-c2ccc(CCC(F)(F)C(F)(F)C(F)(F)F)cc21)ON1C(=O)CCC1=O. The predicted molar refractivity (Wildman–Crippen MR) is 131 cm³/mol. The first-order valence-electron chi connectivity index (χ1n) is 13.5. The summed E-state index contributed by atoms with van der Waals surface area (Å²) in [6.07, 6.45) is -23.6. The number of alkyl halides is 14. The van der Waals surface area contributed by atoms with E-state index >= 15 is 0 Å². The molecular formula is C28H19F14NO5. The standard InChI is InChI=1S/C28H19F14NO5/c29-23(30,25(33,34)27(37,38)39)9-7-13-1-3-15-16-4-2-14(8-10-24(31,32)26(35,36)28(40,41)42)12-18(16)21(17(15)11-13)47-22(46)48-43-19(44)5-6-20(43)45/h1-4,11-12,21H,5-10H2. The monoisotopic (exact) mass is 715 g/mol. The molecule has 0 aromatic heterocycles. The highest BCUT2D eigenvalue weighted by Crippen LogP contribution is 2.51. The van der Waals surface area contributed by atoms with Crippen molar-refractivity contribution in [1.82, 2.24) is 5.06 Å². The van der Waals surface area contributed by atoms with E-state index in [1.54, 1.807) is 0 Å². The number of rotatable bonds is 10. The van der Waals surface area contributed by atoms with Crippen LogP contribution < -0.4 is 0 Å². The van der Waals surface area contributed by atoms with Crippen LogP contribution in [0.4, 0.5) is 66.3 Å². The highest BCUT2D eigenvalue weighted by atomic mass is 19.4. The Hall–Kier alpha value is -4.13. The van der Waals surface area contributed by atoms with E-state index in [0.717, 1.165) is 36.4 Å². The number of carbonyl (C=O) groups excluding carboxylic acids is 3. The van der Waals surface area contributed by atoms with Crippen molar-refractivity contribution in [3.63, 3.8) is 0 Å². The van der Waals surface area contributed by atoms with Crippen molar-refractivity contribution >= 4 is 18.0 Å². The highest BCUT2D eigenvalue weighted by Gasteiger charge is 2.73. The molecule has 2 aliphatic rings. The molecule has 0 N–H and O–H groups in total. The zero-order valence-corrected chi connectivity index (χ0v) is 23.6. The van der Waals surface area contributed by atoms with Gasteiger partial charge in [0.1, 0.15) is 0 Å². The summed E-state index contributed by atoms with van der Waals surface area (Å²) in [5, 5.41) is 0.0533. The van der Waals surface area contributed by atoms with Gasteiger partial charge in [-0.1, -0.05) is 41.5 Å². The van der Waals surface area contributed by atoms with Crippen molar-refractivity contribution in [3.8, 4) is 11.1 Å². The summed E-state index contributed by atoms with van der Waals surface area (Å²) in [7, 11) is 0. The molecule has 0 atom stereocenters. The maximum Gasteiger partial charge on any atom is 0.534 e. The fourth-order valence-corrected chi connectivity index (χ4v) is 4.94. The molecule has 2 amide bonds. The summed E-state index contributed by atoms with van der Waals surface area (Å²) in [4.78, 5) is 40.8. The average Bonchev–Trinajstić information content (AvgIpc) is 3.44. The van der Waals surface area contributed by atoms with Crippen LogP contribution in [0.1, 0.15) is 54.0 Å². The van der Waals surface area contributed by atoms with Crippen LogP contribution in [0.15, 0.2) is 36.4 Å². The normalized spacial score (nSPS) is 16.3. The Morgan fingerprint density at radius 3 is 1.38 bits per heavy atom. The lowest BCUT2D eigenvalue weighted by molar-refractivity contribution is -0.355. The quantitative estimate of drug-likeness (QED) is 0.140. The predicted octanol–water partition coefficient (Wildman–Crippen LogP) is 8.50. The summed E-state index contributed by atoms with van der Waals surface area (Å²) < 4.78 is 190. The van der Waals surface area contributed by atoms with Crippen LogP contribution in [-0.4, -0.2) is 59.1 Å². The third kappa shape index (κ3) is 6.61. The summed E-state index contributed by atoms with van der Waals surface area (Å²) in [6, 6.07) is 6.28. The lowest BCUT2D eigenvalue weighted by Gasteiger charge is -2.28. The van der Waals surface area contributed by atoms with Gasteiger partial charge in [-0.2, -0.15) is 61.5 Å². The van der Waals surface area contributed by atoms with Gasteiger partial charge in [-0.15, -0.1) is 0 Å². The Balaban J connectivity index is 1.65. The molecule has 1 heterocycles. The molecule has 0 radical (unpaired) electrons. The van der Waals surface area contributed by atoms with E-state index in [1.807, 2.05) is 0 Å². The number of halogens is 14. The molecular weight excluding hydrogens is 696 g/mol. The van der Waals surface area contributed by atoms with Crippen molar-refractivity contribution in [2.24, 2.45) is 0 Å². The van der Waals surface area contributed by atoms with Gasteiger partial charge < -0.3 is 4.74 Å². The molecule has 1 saturated heterocycles. The minimum absolute atomic E-state index is 0.0533. The van der Waals surface area contributed by atoms with Crippen molar-refractivity contribution < 1.29 is 85.4 Å². The van der Waals surface area contributed by atoms with E-state index < -0.39 is 85.8 Å². The fourth-order valence-electron chi connectivity index (χ4n) is 4.94. The zero-order chi connectivity index (χ0) is 36.3. The highest BCUT2D eigenvalue weighted by molar-refractivity contribution is 6.01. The van der Waals surface area contributed by atoms with Gasteiger partial charge in [0.2, 0.25) is 0 Å². The second kappa shape index (κ2) is 12.1. The number of hydroxylamine groups is 2. The van der Waals surface area contributed by atoms with Gasteiger partial charge in [0.05, 0.1) is 0 Å². The molecule has 48 heavy (non-hydrogen) atoms. The summed E-state index contributed by atoms with van der Waals surface area (Å²) in [6.45, 7) is 0. The lowest BCUT2D eigenvalue weighted by Crippen LogP contribution is -2.52. The topological polar surface area (TPSA) is 72.9 Å². The maximum atomic E-state index is 13.9. The number of amides is 2. The Morgan fingerprint density at radius 1 is 0.646 bits per heavy atom. The molecule has 2 aromatic rings. The van der Waals surface area contributed by atoms with Gasteiger partial charge >= 0.3 is 42.2 Å². The Bertz CT molecular complexity index is 1490. The molecule has 1 aliphatic carbocycles. The second-order valence-electron chi connectivity index (χ2n) is 10.8. The second-order valence-corrected chi connectivity index (χ2v) is 10.8. The molecule has 20 heteroatoms. The van der Waals surface area contributed by atoms with Crippen molar-refractivity contribution in [1.29, 1.82) is 0 Å². The number of aryl methyl sites for hydroxylation is 2. The number of nitrogens with zero attached hydrogens (tertiary/aromatic N) is 1. The van der Waals surface area contributed by atoms with Gasteiger partial charge in [0.25, 0.3) is 11.8 Å². The molecule has 1 aliphatic heterocycles. The maximum absolute atomic E-state index is 13.9. The van der Waals surface area contributed by atoms with Crippen LogP contribution in [0, 0.1) is 0 Å². The third-order valence-corrected chi connectivity index (χ3v) is 7.56. The summed E-state index contributed by atoms with van der Waals surface area (Å²) in [5.41, 5.74) is -0.743. The van der Waals surface area contributed by atoms with Gasteiger partial charge in [-0.25, -0.2) is 4.79 Å². The first-order valence-corrected chi connectivity index (χ1v) is 13.5. The first-order chi connectivity index (χ1) is 21.8. The van der Waals surface area contributed by atoms with Gasteiger partial charge in [0.15, 0.2) is 6.10 Å². The van der Waals surface area contributed by atoms with Crippen LogP contribution in [0.25, 0.3) is 11.1 Å². The molecule has 0 saturated carbocycles. The lowest BCUT2D eigenvalue weighted by atomic mass is 9.97. The smallest absolute Gasteiger partial charge is 0.420 e. The summed E-state index contributed by atoms with van der Waals surface area (Å²) >= 11 is 0. The fraction of sp³-hybridized carbons (Fsp3) is 0.464. The van der Waals surface area contributed by atoms with E-state index in [1.165, 1.54) is 0 Å². The first kappa shape index (κ1) is 36.7. The molecule has 6 nitrogen and oxygen atoms in total. The number of hydrogen-bond acceptors (Lipinski definition) is 5. The van der Waals surface area contributed by atoms with Gasteiger partial charge in [-0.05, 0) is 35.1 Å². The van der Waals surface area contributed by atoms with Crippen LogP contribution in [-0.2, 0) is 32.0 Å². The largest absolute Gasteiger partial charge is 0.534 e. The average molecular weight is 715 g/mol. The number of benzene rings is 2. The van der Waals surface area contributed by atoms with E-state index in [-0.39, 0.29) is 51.3 Å². The third-order valence-electron chi connectivity index (χ3n) is 7.56. The molecule has 2 aromatic carbocycles. The van der Waals surface area contributed by atoms with E-state index in [9.17, 15) is 75.8 Å². The number of ether oxygens (including phenoxy) is 1. The Kier molecular flexibility index (Phi) is 9.24. The van der Waals surface area contributed by atoms with E-state index in [2.05, 4.69) is 4.84 Å². The minimum atomic E-state index is -6.59. The van der Waals surface area contributed by atoms with Crippen molar-refractivity contribution in [2.75, 3.05) is 0 Å². The zero-order valence-electron chi connectivity index (χ0n) is 23.6. The Labute approximate surface area is 259 Å². The van der Waals surface area contributed by atoms with Crippen LogP contribution >= 0.6 is 0 Å². The van der Waals surface area contributed by atoms with Crippen molar-refractivity contribution in [3.05, 3.63) is 58.7 Å². The van der Waals surface area contributed by atoms with Gasteiger partial charge in [-0.3, -0.25) is 14.4 Å². The molecule has 0 bridgehead atoms. The minimum Gasteiger partial charge on any atom is -0.420 e. The van der Waals surface area contributed by atoms with E-state index in [4.69, 9.17) is 4.74 Å². The summed E-state index contributed by atoms with van der Waals surface area (Å²) in [5.74, 6) is -25.8. The molecule has 4 rings (SSSR count). The Morgan fingerprint density at radius 2 is 1.02 bits per heavy atom. The number of carbonyl (C=O) groups is 3. The number of imide groups is 1. The molecule has 0 unspecified atom stereocenters. The number of fused-ring (bicyclic) bond motifs is 3. The molecule has 264 valence electrons. The van der Waals surface area contributed by atoms with Crippen LogP contribution in [0.3, 0.4) is 0 Å². The van der Waals surface area contributed by atoms with Crippen LogP contribution in [0.5, 0.6) is 0 Å². The molecule has 0 spiro atoms. The molecule has 1 fully saturated rings. The van der Waals surface area contributed by atoms with Crippen molar-refractivity contribution in [2.45, 2.75) is 80.7 Å².